The first-order valence-electron chi connectivity index (χ1n) is 8.68. The zero-order valence-corrected chi connectivity index (χ0v) is 14.2. The van der Waals surface area contributed by atoms with E-state index in [1.807, 2.05) is 6.92 Å². The van der Waals surface area contributed by atoms with E-state index in [2.05, 4.69) is 31.0 Å². The summed E-state index contributed by atoms with van der Waals surface area (Å²) in [6, 6.07) is 0.533. The molecule has 0 aromatic heterocycles. The molecule has 2 rings (SSSR count). The highest BCUT2D eigenvalue weighted by atomic mass is 16.5. The van der Waals surface area contributed by atoms with Gasteiger partial charge in [0.1, 0.15) is 5.54 Å². The second-order valence-corrected chi connectivity index (χ2v) is 7.03. The lowest BCUT2D eigenvalue weighted by Crippen LogP contribution is -2.52. The van der Waals surface area contributed by atoms with Gasteiger partial charge in [-0.15, -0.1) is 0 Å². The third kappa shape index (κ3) is 3.59. The normalized spacial score (nSPS) is 37.0. The largest absolute Gasteiger partial charge is 0.465 e. The Morgan fingerprint density at radius 2 is 1.95 bits per heavy atom. The van der Waals surface area contributed by atoms with Gasteiger partial charge in [-0.2, -0.15) is 0 Å². The molecule has 1 saturated carbocycles. The maximum Gasteiger partial charge on any atom is 0.326 e. The highest BCUT2D eigenvalue weighted by molar-refractivity contribution is 5.81. The third-order valence-corrected chi connectivity index (χ3v) is 5.40. The minimum Gasteiger partial charge on any atom is -0.465 e. The molecule has 0 spiro atoms. The van der Waals surface area contributed by atoms with Crippen molar-refractivity contribution in [3.8, 4) is 0 Å². The number of ether oxygens (including phenoxy) is 1. The monoisotopic (exact) mass is 296 g/mol. The molecule has 0 amide bonds. The topological polar surface area (TPSA) is 41.6 Å². The number of carbonyl (C=O) groups is 1. The van der Waals surface area contributed by atoms with E-state index >= 15 is 0 Å². The van der Waals surface area contributed by atoms with Crippen LogP contribution in [0.3, 0.4) is 0 Å². The standard InChI is InChI=1S/C17H32N2O2/c1-5-9-18-17(16(20)21-6-2)8-7-15(10-17)19-11-13(3)14(4)12-19/h13-15,18H,5-12H2,1-4H3. The molecule has 2 aliphatic rings. The van der Waals surface area contributed by atoms with Crippen LogP contribution in [-0.4, -0.2) is 48.7 Å². The summed E-state index contributed by atoms with van der Waals surface area (Å²) in [5, 5.41) is 3.50. The smallest absolute Gasteiger partial charge is 0.326 e. The van der Waals surface area contributed by atoms with E-state index in [4.69, 9.17) is 4.74 Å². The highest BCUT2D eigenvalue weighted by Gasteiger charge is 2.48. The number of hydrogen-bond acceptors (Lipinski definition) is 4. The van der Waals surface area contributed by atoms with Crippen molar-refractivity contribution in [3.63, 3.8) is 0 Å². The lowest BCUT2D eigenvalue weighted by molar-refractivity contribution is -0.151. The van der Waals surface area contributed by atoms with Crippen LogP contribution in [-0.2, 0) is 9.53 Å². The van der Waals surface area contributed by atoms with Crippen LogP contribution in [0.1, 0.15) is 53.4 Å². The first-order valence-corrected chi connectivity index (χ1v) is 8.68. The average Bonchev–Trinajstić information content (AvgIpc) is 3.03. The Hall–Kier alpha value is -0.610. The first kappa shape index (κ1) is 16.8. The van der Waals surface area contributed by atoms with Crippen LogP contribution >= 0.6 is 0 Å². The minimum absolute atomic E-state index is 0.0405. The fourth-order valence-corrected chi connectivity index (χ4v) is 3.86. The van der Waals surface area contributed by atoms with Gasteiger partial charge >= 0.3 is 5.97 Å². The number of nitrogens with zero attached hydrogens (tertiary/aromatic N) is 1. The van der Waals surface area contributed by atoms with Crippen LogP contribution in [0.4, 0.5) is 0 Å². The van der Waals surface area contributed by atoms with Crippen molar-refractivity contribution >= 4 is 5.97 Å². The summed E-state index contributed by atoms with van der Waals surface area (Å²) in [6.07, 6.45) is 3.97. The Bertz CT molecular complexity index is 351. The lowest BCUT2D eigenvalue weighted by atomic mass is 9.97. The van der Waals surface area contributed by atoms with Gasteiger partial charge in [-0.05, 0) is 51.0 Å². The molecule has 4 nitrogen and oxygen atoms in total. The maximum atomic E-state index is 12.5. The first-order chi connectivity index (χ1) is 10.0. The van der Waals surface area contributed by atoms with Crippen LogP contribution in [0.25, 0.3) is 0 Å². The van der Waals surface area contributed by atoms with Crippen molar-refractivity contribution in [2.45, 2.75) is 65.0 Å². The summed E-state index contributed by atoms with van der Waals surface area (Å²) in [7, 11) is 0. The van der Waals surface area contributed by atoms with Crippen molar-refractivity contribution < 1.29 is 9.53 Å². The summed E-state index contributed by atoms with van der Waals surface area (Å²) in [4.78, 5) is 15.1. The van der Waals surface area contributed by atoms with Crippen molar-refractivity contribution in [1.82, 2.24) is 10.2 Å². The van der Waals surface area contributed by atoms with E-state index in [0.717, 1.165) is 44.1 Å². The van der Waals surface area contributed by atoms with Gasteiger partial charge in [-0.1, -0.05) is 20.8 Å². The van der Waals surface area contributed by atoms with Crippen molar-refractivity contribution in [2.24, 2.45) is 11.8 Å². The lowest BCUT2D eigenvalue weighted by Gasteiger charge is -2.30. The van der Waals surface area contributed by atoms with Crippen LogP contribution in [0.2, 0.25) is 0 Å². The molecular weight excluding hydrogens is 264 g/mol. The summed E-state index contributed by atoms with van der Waals surface area (Å²) in [6.45, 7) is 12.4. The molecule has 122 valence electrons. The fraction of sp³-hybridized carbons (Fsp3) is 0.941. The molecule has 1 aliphatic carbocycles. The molecule has 4 atom stereocenters. The Morgan fingerprint density at radius 3 is 2.52 bits per heavy atom. The van der Waals surface area contributed by atoms with Gasteiger partial charge in [0.25, 0.3) is 0 Å². The average molecular weight is 296 g/mol. The minimum atomic E-state index is -0.439. The zero-order valence-electron chi connectivity index (χ0n) is 14.2. The second-order valence-electron chi connectivity index (χ2n) is 7.03. The predicted octanol–water partition coefficient (Wildman–Crippen LogP) is 2.43. The molecule has 2 fully saturated rings. The maximum absolute atomic E-state index is 12.5. The Kier molecular flexibility index (Phi) is 5.67. The highest BCUT2D eigenvalue weighted by Crippen LogP contribution is 2.37. The number of rotatable bonds is 6. The van der Waals surface area contributed by atoms with Gasteiger partial charge in [0.2, 0.25) is 0 Å². The molecule has 4 heteroatoms. The molecule has 0 aromatic carbocycles. The van der Waals surface area contributed by atoms with Gasteiger partial charge in [0.05, 0.1) is 6.61 Å². The second kappa shape index (κ2) is 7.10. The van der Waals surface area contributed by atoms with E-state index in [0.29, 0.717) is 12.6 Å². The number of esters is 1. The molecule has 1 heterocycles. The molecule has 21 heavy (non-hydrogen) atoms. The summed E-state index contributed by atoms with van der Waals surface area (Å²) >= 11 is 0. The van der Waals surface area contributed by atoms with Gasteiger partial charge in [-0.25, -0.2) is 0 Å². The Balaban J connectivity index is 2.02. The Morgan fingerprint density at radius 1 is 1.29 bits per heavy atom. The molecule has 4 unspecified atom stereocenters. The fourth-order valence-electron chi connectivity index (χ4n) is 3.86. The van der Waals surface area contributed by atoms with Crippen LogP contribution in [0.15, 0.2) is 0 Å². The van der Waals surface area contributed by atoms with Gasteiger partial charge in [-0.3, -0.25) is 9.69 Å². The summed E-state index contributed by atoms with van der Waals surface area (Å²) < 4.78 is 5.36. The molecule has 1 aliphatic heterocycles. The molecule has 1 saturated heterocycles. The summed E-state index contributed by atoms with van der Waals surface area (Å²) in [5.74, 6) is 1.50. The predicted molar refractivity (Wildman–Crippen MR) is 85.2 cm³/mol. The van der Waals surface area contributed by atoms with E-state index in [9.17, 15) is 4.79 Å². The van der Waals surface area contributed by atoms with Gasteiger partial charge < -0.3 is 10.1 Å². The van der Waals surface area contributed by atoms with E-state index in [1.165, 1.54) is 13.1 Å². The van der Waals surface area contributed by atoms with Crippen molar-refractivity contribution in [3.05, 3.63) is 0 Å². The van der Waals surface area contributed by atoms with Crippen molar-refractivity contribution in [1.29, 1.82) is 0 Å². The molecule has 1 N–H and O–H groups in total. The van der Waals surface area contributed by atoms with Crippen LogP contribution < -0.4 is 5.32 Å². The van der Waals surface area contributed by atoms with Crippen LogP contribution in [0, 0.1) is 11.8 Å². The van der Waals surface area contributed by atoms with E-state index < -0.39 is 5.54 Å². The number of carbonyl (C=O) groups excluding carboxylic acids is 1. The summed E-state index contributed by atoms with van der Waals surface area (Å²) in [5.41, 5.74) is -0.439. The van der Waals surface area contributed by atoms with E-state index in [1.54, 1.807) is 0 Å². The Labute approximate surface area is 129 Å². The molecular formula is C17H32N2O2. The number of nitrogens with one attached hydrogen (secondary N) is 1. The van der Waals surface area contributed by atoms with Crippen LogP contribution in [0.5, 0.6) is 0 Å². The third-order valence-electron chi connectivity index (χ3n) is 5.40. The van der Waals surface area contributed by atoms with E-state index in [-0.39, 0.29) is 5.97 Å². The number of hydrogen-bond donors (Lipinski definition) is 1. The molecule has 0 radical (unpaired) electrons. The quantitative estimate of drug-likeness (QED) is 0.764. The SMILES string of the molecule is CCCNC1(C(=O)OCC)CCC(N2CC(C)C(C)C2)C1. The van der Waals surface area contributed by atoms with Gasteiger partial charge in [0, 0.05) is 19.1 Å². The zero-order chi connectivity index (χ0) is 15.5. The van der Waals surface area contributed by atoms with Gasteiger partial charge in [0.15, 0.2) is 0 Å². The molecule has 0 aromatic rings. The number of likely N-dealkylation sites (tertiary alicyclic amines) is 1. The van der Waals surface area contributed by atoms with Crippen molar-refractivity contribution in [2.75, 3.05) is 26.2 Å². The molecule has 0 bridgehead atoms.